The Hall–Kier alpha value is -3.17. The van der Waals surface area contributed by atoms with E-state index in [1.165, 1.54) is 7.11 Å². The first kappa shape index (κ1) is 21.1. The van der Waals surface area contributed by atoms with Crippen molar-refractivity contribution in [3.63, 3.8) is 0 Å². The molecule has 3 aromatic rings. The largest absolute Gasteiger partial charge is 0.465 e. The van der Waals surface area contributed by atoms with E-state index >= 15 is 0 Å². The highest BCUT2D eigenvalue weighted by atomic mass is 32.2. The number of methoxy groups -OCH3 is 1. The summed E-state index contributed by atoms with van der Waals surface area (Å²) in [6.07, 6.45) is 3.37. The number of benzene rings is 1. The van der Waals surface area contributed by atoms with Crippen molar-refractivity contribution in [1.29, 1.82) is 0 Å². The molecule has 4 rings (SSSR count). The Balaban J connectivity index is 1.51. The van der Waals surface area contributed by atoms with Crippen LogP contribution in [0.5, 0.6) is 0 Å². The molecular weight excluding hydrogens is 416 g/mol. The fourth-order valence-corrected chi connectivity index (χ4v) is 4.07. The van der Waals surface area contributed by atoms with Gasteiger partial charge in [0.2, 0.25) is 15.0 Å². The van der Waals surface area contributed by atoms with Gasteiger partial charge in [-0.1, -0.05) is 18.2 Å². The molecule has 0 bridgehead atoms. The number of pyridine rings is 1. The molecule has 1 aromatic carbocycles. The number of fused-ring (bicyclic) bond motifs is 1. The van der Waals surface area contributed by atoms with Crippen molar-refractivity contribution in [3.05, 3.63) is 71.2 Å². The van der Waals surface area contributed by atoms with Crippen LogP contribution >= 0.6 is 0 Å². The minimum atomic E-state index is -3.41. The van der Waals surface area contributed by atoms with Crippen molar-refractivity contribution in [2.24, 2.45) is 0 Å². The Labute approximate surface area is 180 Å². The predicted molar refractivity (Wildman–Crippen MR) is 114 cm³/mol. The van der Waals surface area contributed by atoms with E-state index in [0.29, 0.717) is 25.1 Å². The first-order valence-electron chi connectivity index (χ1n) is 9.75. The summed E-state index contributed by atoms with van der Waals surface area (Å²) in [5.41, 5.74) is 4.72. The van der Waals surface area contributed by atoms with E-state index in [2.05, 4.69) is 14.9 Å². The fraction of sp³-hybridized carbons (Fsp3) is 0.273. The van der Waals surface area contributed by atoms with Crippen LogP contribution in [-0.4, -0.2) is 54.1 Å². The molecule has 1 aliphatic rings. The molecule has 160 valence electrons. The minimum absolute atomic E-state index is 0.122. The number of ether oxygens (including phenoxy) is 1. The standard InChI is InChI=1S/C22H22N4O4S/c1-30-21(27)16-6-3-5-15(11-16)19-8-4-7-18(24-19)14-26-10-9-20-17(13-26)12-23-22(25-20)31(2,28)29/h3-8,11-12H,9-10,13-14H2,1-2H3. The molecule has 0 saturated heterocycles. The highest BCUT2D eigenvalue weighted by Crippen LogP contribution is 2.22. The number of hydrogen-bond donors (Lipinski definition) is 0. The van der Waals surface area contributed by atoms with Gasteiger partial charge in [0.15, 0.2) is 0 Å². The summed E-state index contributed by atoms with van der Waals surface area (Å²) >= 11 is 0. The number of esters is 1. The molecule has 0 saturated carbocycles. The van der Waals surface area contributed by atoms with E-state index in [9.17, 15) is 13.2 Å². The van der Waals surface area contributed by atoms with Crippen LogP contribution in [-0.2, 0) is 34.1 Å². The molecule has 0 spiro atoms. The smallest absolute Gasteiger partial charge is 0.337 e. The maximum Gasteiger partial charge on any atom is 0.337 e. The topological polar surface area (TPSA) is 102 Å². The SMILES string of the molecule is COC(=O)c1cccc(-c2cccc(CN3CCc4nc(S(C)(=O)=O)ncc4C3)n2)c1. The van der Waals surface area contributed by atoms with Crippen LogP contribution in [0, 0.1) is 0 Å². The second-order valence-corrected chi connectivity index (χ2v) is 9.35. The van der Waals surface area contributed by atoms with Gasteiger partial charge in [-0.3, -0.25) is 9.88 Å². The van der Waals surface area contributed by atoms with Crippen LogP contribution < -0.4 is 0 Å². The molecule has 0 N–H and O–H groups in total. The summed E-state index contributed by atoms with van der Waals surface area (Å²) in [6, 6.07) is 13.0. The lowest BCUT2D eigenvalue weighted by Gasteiger charge is -2.27. The van der Waals surface area contributed by atoms with Gasteiger partial charge in [0, 0.05) is 49.6 Å². The Morgan fingerprint density at radius 3 is 2.74 bits per heavy atom. The zero-order valence-corrected chi connectivity index (χ0v) is 18.1. The molecule has 2 aromatic heterocycles. The molecule has 0 fully saturated rings. The minimum Gasteiger partial charge on any atom is -0.465 e. The number of sulfone groups is 1. The lowest BCUT2D eigenvalue weighted by Crippen LogP contribution is -2.31. The lowest BCUT2D eigenvalue weighted by atomic mass is 10.1. The summed E-state index contributed by atoms with van der Waals surface area (Å²) in [4.78, 5) is 27.0. The molecule has 9 heteroatoms. The van der Waals surface area contributed by atoms with E-state index < -0.39 is 9.84 Å². The van der Waals surface area contributed by atoms with Crippen molar-refractivity contribution in [1.82, 2.24) is 19.9 Å². The van der Waals surface area contributed by atoms with Crippen LogP contribution in [0.1, 0.15) is 27.3 Å². The summed E-state index contributed by atoms with van der Waals surface area (Å²) in [7, 11) is -2.06. The Morgan fingerprint density at radius 2 is 1.97 bits per heavy atom. The molecule has 0 unspecified atom stereocenters. The first-order chi connectivity index (χ1) is 14.8. The molecular formula is C22H22N4O4S. The third kappa shape index (κ3) is 4.78. The van der Waals surface area contributed by atoms with Gasteiger partial charge >= 0.3 is 5.97 Å². The Morgan fingerprint density at radius 1 is 1.16 bits per heavy atom. The zero-order valence-electron chi connectivity index (χ0n) is 17.3. The van der Waals surface area contributed by atoms with E-state index in [-0.39, 0.29) is 11.1 Å². The maximum atomic E-state index is 11.8. The van der Waals surface area contributed by atoms with E-state index in [1.54, 1.807) is 18.3 Å². The predicted octanol–water partition coefficient (Wildman–Crippen LogP) is 2.29. The number of carbonyl (C=O) groups excluding carboxylic acids is 1. The van der Waals surface area contributed by atoms with Crippen molar-refractivity contribution in [3.8, 4) is 11.3 Å². The van der Waals surface area contributed by atoms with E-state index in [0.717, 1.165) is 41.0 Å². The number of hydrogen-bond acceptors (Lipinski definition) is 8. The van der Waals surface area contributed by atoms with E-state index in [4.69, 9.17) is 9.72 Å². The average Bonchev–Trinajstić information content (AvgIpc) is 2.78. The molecule has 8 nitrogen and oxygen atoms in total. The molecule has 0 aliphatic carbocycles. The van der Waals surface area contributed by atoms with Crippen molar-refractivity contribution in [2.75, 3.05) is 19.9 Å². The summed E-state index contributed by atoms with van der Waals surface area (Å²) < 4.78 is 28.2. The van der Waals surface area contributed by atoms with Gasteiger partial charge in [0.25, 0.3) is 0 Å². The van der Waals surface area contributed by atoms with Gasteiger partial charge in [-0.2, -0.15) is 0 Å². The van der Waals surface area contributed by atoms with Crippen LogP contribution in [0.4, 0.5) is 0 Å². The van der Waals surface area contributed by atoms with Gasteiger partial charge < -0.3 is 4.74 Å². The molecule has 3 heterocycles. The van der Waals surface area contributed by atoms with Crippen molar-refractivity contribution in [2.45, 2.75) is 24.7 Å². The van der Waals surface area contributed by atoms with E-state index in [1.807, 2.05) is 30.3 Å². The van der Waals surface area contributed by atoms with Crippen LogP contribution in [0.2, 0.25) is 0 Å². The fourth-order valence-electron chi connectivity index (χ4n) is 3.55. The second kappa shape index (κ2) is 8.52. The third-order valence-corrected chi connectivity index (χ3v) is 5.95. The highest BCUT2D eigenvalue weighted by Gasteiger charge is 2.21. The van der Waals surface area contributed by atoms with Gasteiger partial charge in [0.05, 0.1) is 29.8 Å². The van der Waals surface area contributed by atoms with Crippen LogP contribution in [0.3, 0.4) is 0 Å². The number of nitrogens with zero attached hydrogens (tertiary/aromatic N) is 4. The van der Waals surface area contributed by atoms with Crippen molar-refractivity contribution < 1.29 is 17.9 Å². The molecule has 31 heavy (non-hydrogen) atoms. The molecule has 0 radical (unpaired) electrons. The molecule has 0 amide bonds. The van der Waals surface area contributed by atoms with Gasteiger partial charge in [-0.15, -0.1) is 0 Å². The van der Waals surface area contributed by atoms with Crippen molar-refractivity contribution >= 4 is 15.8 Å². The van der Waals surface area contributed by atoms with Gasteiger partial charge in [-0.05, 0) is 24.3 Å². The zero-order chi connectivity index (χ0) is 22.0. The number of carbonyl (C=O) groups is 1. The summed E-state index contributed by atoms with van der Waals surface area (Å²) in [5.74, 6) is -0.383. The Bertz CT molecular complexity index is 1240. The lowest BCUT2D eigenvalue weighted by molar-refractivity contribution is 0.0600. The monoisotopic (exact) mass is 438 g/mol. The third-order valence-electron chi connectivity index (χ3n) is 5.09. The normalized spacial score (nSPS) is 14.1. The average molecular weight is 439 g/mol. The number of aromatic nitrogens is 3. The van der Waals surface area contributed by atoms with Gasteiger partial charge in [0.1, 0.15) is 0 Å². The Kier molecular flexibility index (Phi) is 5.79. The molecule has 1 aliphatic heterocycles. The number of rotatable bonds is 5. The van der Waals surface area contributed by atoms with Crippen LogP contribution in [0.25, 0.3) is 11.3 Å². The maximum absolute atomic E-state index is 11.8. The van der Waals surface area contributed by atoms with Gasteiger partial charge in [-0.25, -0.2) is 23.2 Å². The summed E-state index contributed by atoms with van der Waals surface area (Å²) in [5, 5.41) is -0.122. The quantitative estimate of drug-likeness (QED) is 0.442. The van der Waals surface area contributed by atoms with Crippen LogP contribution in [0.15, 0.2) is 53.8 Å². The second-order valence-electron chi connectivity index (χ2n) is 7.44. The highest BCUT2D eigenvalue weighted by molar-refractivity contribution is 7.90. The molecule has 0 atom stereocenters. The summed E-state index contributed by atoms with van der Waals surface area (Å²) in [6.45, 7) is 2.01. The first-order valence-corrected chi connectivity index (χ1v) is 11.6.